The van der Waals surface area contributed by atoms with Gasteiger partial charge in [-0.15, -0.1) is 0 Å². The maximum atomic E-state index is 6.38. The number of thioether (sulfide) groups is 1. The third-order valence-electron chi connectivity index (χ3n) is 3.86. The molecule has 20 heavy (non-hydrogen) atoms. The highest BCUT2D eigenvalue weighted by Gasteiger charge is 2.23. The standard InChI is InChI=1S/C15H26ClN3S/c1-4-17-14(10-20-12-7-5-6-8-12)15-13(16)9-18-19(15)11(2)3/h9,11-12,14,17H,4-8,10H2,1-3H3. The van der Waals surface area contributed by atoms with Gasteiger partial charge in [0, 0.05) is 17.0 Å². The third kappa shape index (κ3) is 3.92. The molecule has 1 aromatic heterocycles. The molecule has 0 saturated heterocycles. The van der Waals surface area contributed by atoms with Gasteiger partial charge in [0.1, 0.15) is 0 Å². The van der Waals surface area contributed by atoms with Crippen molar-refractivity contribution >= 4 is 23.4 Å². The first kappa shape index (κ1) is 16.2. The number of hydrogen-bond acceptors (Lipinski definition) is 3. The Balaban J connectivity index is 2.08. The maximum absolute atomic E-state index is 6.38. The van der Waals surface area contributed by atoms with Crippen LogP contribution in [0, 0.1) is 0 Å². The van der Waals surface area contributed by atoms with Crippen LogP contribution in [-0.2, 0) is 0 Å². The molecule has 1 saturated carbocycles. The average Bonchev–Trinajstić information content (AvgIpc) is 3.04. The number of rotatable bonds is 7. The second kappa shape index (κ2) is 7.71. The van der Waals surface area contributed by atoms with Crippen molar-refractivity contribution in [3.05, 3.63) is 16.9 Å². The van der Waals surface area contributed by atoms with Crippen LogP contribution in [0.1, 0.15) is 64.2 Å². The Kier molecular flexibility index (Phi) is 6.24. The van der Waals surface area contributed by atoms with Crippen molar-refractivity contribution in [1.82, 2.24) is 15.1 Å². The lowest BCUT2D eigenvalue weighted by Crippen LogP contribution is -2.27. The van der Waals surface area contributed by atoms with Crippen molar-refractivity contribution in [1.29, 1.82) is 0 Å². The molecule has 1 unspecified atom stereocenters. The Bertz CT molecular complexity index is 413. The number of halogens is 1. The van der Waals surface area contributed by atoms with Crippen LogP contribution in [0.25, 0.3) is 0 Å². The fraction of sp³-hybridized carbons (Fsp3) is 0.800. The summed E-state index contributed by atoms with van der Waals surface area (Å²) in [6, 6.07) is 0.637. The van der Waals surface area contributed by atoms with E-state index in [4.69, 9.17) is 11.6 Å². The fourth-order valence-electron chi connectivity index (χ4n) is 2.86. The molecule has 1 aromatic rings. The van der Waals surface area contributed by atoms with E-state index in [0.29, 0.717) is 12.1 Å². The molecule has 0 aromatic carbocycles. The lowest BCUT2D eigenvalue weighted by atomic mass is 10.2. The van der Waals surface area contributed by atoms with Crippen molar-refractivity contribution in [2.75, 3.05) is 12.3 Å². The van der Waals surface area contributed by atoms with Crippen LogP contribution >= 0.6 is 23.4 Å². The first-order chi connectivity index (χ1) is 9.63. The van der Waals surface area contributed by atoms with Crippen LogP contribution < -0.4 is 5.32 Å². The Morgan fingerprint density at radius 3 is 2.75 bits per heavy atom. The molecule has 5 heteroatoms. The van der Waals surface area contributed by atoms with Gasteiger partial charge in [-0.3, -0.25) is 4.68 Å². The van der Waals surface area contributed by atoms with Gasteiger partial charge >= 0.3 is 0 Å². The molecule has 0 spiro atoms. The average molecular weight is 316 g/mol. The van der Waals surface area contributed by atoms with Crippen LogP contribution in [0.2, 0.25) is 5.02 Å². The van der Waals surface area contributed by atoms with Crippen molar-refractivity contribution in [3.8, 4) is 0 Å². The van der Waals surface area contributed by atoms with Crippen LogP contribution in [0.4, 0.5) is 0 Å². The molecular weight excluding hydrogens is 290 g/mol. The molecule has 3 nitrogen and oxygen atoms in total. The van der Waals surface area contributed by atoms with Gasteiger partial charge in [-0.05, 0) is 33.2 Å². The van der Waals surface area contributed by atoms with E-state index in [1.54, 1.807) is 6.20 Å². The Morgan fingerprint density at radius 1 is 1.45 bits per heavy atom. The highest BCUT2D eigenvalue weighted by atomic mass is 35.5. The minimum atomic E-state index is 0.294. The van der Waals surface area contributed by atoms with E-state index in [1.807, 2.05) is 0 Å². The van der Waals surface area contributed by atoms with E-state index in [9.17, 15) is 0 Å². The molecule has 1 aliphatic rings. The Hall–Kier alpha value is -0.190. The maximum Gasteiger partial charge on any atom is 0.0834 e. The number of hydrogen-bond donors (Lipinski definition) is 1. The van der Waals surface area contributed by atoms with Crippen LogP contribution in [0.5, 0.6) is 0 Å². The summed E-state index contributed by atoms with van der Waals surface area (Å²) in [7, 11) is 0. The van der Waals surface area contributed by atoms with Gasteiger partial charge in [0.15, 0.2) is 0 Å². The summed E-state index contributed by atoms with van der Waals surface area (Å²) in [4.78, 5) is 0. The van der Waals surface area contributed by atoms with Crippen LogP contribution in [0.15, 0.2) is 6.20 Å². The summed E-state index contributed by atoms with van der Waals surface area (Å²) < 4.78 is 2.06. The van der Waals surface area contributed by atoms with Crippen molar-refractivity contribution < 1.29 is 0 Å². The molecule has 2 rings (SSSR count). The van der Waals surface area contributed by atoms with Gasteiger partial charge in [0.05, 0.1) is 23.0 Å². The predicted molar refractivity (Wildman–Crippen MR) is 88.8 cm³/mol. The van der Waals surface area contributed by atoms with E-state index in [-0.39, 0.29) is 0 Å². The zero-order chi connectivity index (χ0) is 14.5. The topological polar surface area (TPSA) is 29.9 Å². The van der Waals surface area contributed by atoms with E-state index < -0.39 is 0 Å². The van der Waals surface area contributed by atoms with Crippen molar-refractivity contribution in [3.63, 3.8) is 0 Å². The molecule has 0 radical (unpaired) electrons. The molecule has 1 atom stereocenters. The van der Waals surface area contributed by atoms with Crippen LogP contribution in [0.3, 0.4) is 0 Å². The summed E-state index contributed by atoms with van der Waals surface area (Å²) in [6.07, 6.45) is 7.32. The zero-order valence-electron chi connectivity index (χ0n) is 12.7. The molecule has 0 aliphatic heterocycles. The highest BCUT2D eigenvalue weighted by molar-refractivity contribution is 7.99. The number of nitrogens with one attached hydrogen (secondary N) is 1. The van der Waals surface area contributed by atoms with Gasteiger partial charge in [0.25, 0.3) is 0 Å². The van der Waals surface area contributed by atoms with Gasteiger partial charge in [-0.25, -0.2) is 0 Å². The fourth-order valence-corrected chi connectivity index (χ4v) is 4.53. The van der Waals surface area contributed by atoms with Crippen LogP contribution in [-0.4, -0.2) is 27.3 Å². The van der Waals surface area contributed by atoms with Gasteiger partial charge in [-0.2, -0.15) is 16.9 Å². The first-order valence-electron chi connectivity index (χ1n) is 7.71. The molecule has 1 fully saturated rings. The zero-order valence-corrected chi connectivity index (χ0v) is 14.3. The second-order valence-corrected chi connectivity index (χ2v) is 7.51. The molecule has 1 heterocycles. The van der Waals surface area contributed by atoms with Gasteiger partial charge < -0.3 is 5.32 Å². The highest BCUT2D eigenvalue weighted by Crippen LogP contribution is 2.34. The number of nitrogens with zero attached hydrogens (tertiary/aromatic N) is 2. The molecule has 0 bridgehead atoms. The molecular formula is C15H26ClN3S. The first-order valence-corrected chi connectivity index (χ1v) is 9.14. The van der Waals surface area contributed by atoms with Crippen molar-refractivity contribution in [2.45, 2.75) is 63.8 Å². The number of aromatic nitrogens is 2. The molecule has 0 amide bonds. The Labute approximate surface area is 131 Å². The molecule has 114 valence electrons. The lowest BCUT2D eigenvalue weighted by Gasteiger charge is -2.22. The molecule has 1 N–H and O–H groups in total. The molecule has 1 aliphatic carbocycles. The summed E-state index contributed by atoms with van der Waals surface area (Å²) in [5.74, 6) is 1.08. The second-order valence-electron chi connectivity index (χ2n) is 5.77. The van der Waals surface area contributed by atoms with E-state index in [0.717, 1.165) is 28.3 Å². The third-order valence-corrected chi connectivity index (χ3v) is 5.62. The summed E-state index contributed by atoms with van der Waals surface area (Å²) in [5, 5.41) is 9.64. The van der Waals surface area contributed by atoms with Gasteiger partial charge in [0.2, 0.25) is 0 Å². The van der Waals surface area contributed by atoms with E-state index >= 15 is 0 Å². The quantitative estimate of drug-likeness (QED) is 0.806. The van der Waals surface area contributed by atoms with E-state index in [1.165, 1.54) is 25.7 Å². The Morgan fingerprint density at radius 2 is 2.15 bits per heavy atom. The van der Waals surface area contributed by atoms with Crippen molar-refractivity contribution in [2.24, 2.45) is 0 Å². The monoisotopic (exact) mass is 315 g/mol. The van der Waals surface area contributed by atoms with E-state index in [2.05, 4.69) is 47.6 Å². The lowest BCUT2D eigenvalue weighted by molar-refractivity contribution is 0.468. The smallest absolute Gasteiger partial charge is 0.0834 e. The minimum absolute atomic E-state index is 0.294. The van der Waals surface area contributed by atoms with Gasteiger partial charge in [-0.1, -0.05) is 31.4 Å². The summed E-state index contributed by atoms with van der Waals surface area (Å²) >= 11 is 8.48. The predicted octanol–water partition coefficient (Wildman–Crippen LogP) is 4.44. The summed E-state index contributed by atoms with van der Waals surface area (Å²) in [6.45, 7) is 7.41. The normalized spacial score (nSPS) is 18.1. The SMILES string of the molecule is CCNC(CSC1CCCC1)c1c(Cl)cnn1C(C)C. The largest absolute Gasteiger partial charge is 0.308 e. The minimum Gasteiger partial charge on any atom is -0.308 e. The summed E-state index contributed by atoms with van der Waals surface area (Å²) in [5.41, 5.74) is 1.15.